The molecule has 0 spiro atoms. The molecule has 0 atom stereocenters. The van der Waals surface area contributed by atoms with Gasteiger partial charge in [0.15, 0.2) is 0 Å². The van der Waals surface area contributed by atoms with E-state index in [0.29, 0.717) is 0 Å². The summed E-state index contributed by atoms with van der Waals surface area (Å²) in [7, 11) is 0. The van der Waals surface area contributed by atoms with E-state index in [1.54, 1.807) is 11.3 Å². The highest BCUT2D eigenvalue weighted by molar-refractivity contribution is 7.12. The molecule has 0 aliphatic carbocycles. The maximum Gasteiger partial charge on any atom is 0.333 e. The zero-order valence-electron chi connectivity index (χ0n) is 12.1. The smallest absolute Gasteiger partial charge is 0.306 e. The second kappa shape index (κ2) is 7.06. The van der Waals surface area contributed by atoms with Crippen molar-refractivity contribution in [1.29, 1.82) is 0 Å². The predicted octanol–water partition coefficient (Wildman–Crippen LogP) is 3.78. The molecule has 0 radical (unpaired) electrons. The van der Waals surface area contributed by atoms with E-state index < -0.39 is 6.03 Å². The number of rotatable bonds is 4. The van der Waals surface area contributed by atoms with Crippen LogP contribution in [0.25, 0.3) is 12.2 Å². The van der Waals surface area contributed by atoms with Gasteiger partial charge in [-0.05, 0) is 43.2 Å². The lowest BCUT2D eigenvalue weighted by atomic mass is 10.0. The van der Waals surface area contributed by atoms with Crippen molar-refractivity contribution >= 4 is 35.2 Å². The molecule has 0 fully saturated rings. The van der Waals surface area contributed by atoms with Crippen LogP contribution in [-0.4, -0.2) is 6.03 Å². The molecule has 0 unspecified atom stereocenters. The summed E-state index contributed by atoms with van der Waals surface area (Å²) in [6.07, 6.45) is 5.00. The summed E-state index contributed by atoms with van der Waals surface area (Å²) in [5, 5.41) is 2.75. The number of amides is 2. The predicted molar refractivity (Wildman–Crippen MR) is 90.1 cm³/mol. The molecule has 2 amide bonds. The van der Waals surface area contributed by atoms with Crippen LogP contribution in [0, 0.1) is 6.92 Å². The highest BCUT2D eigenvalue weighted by Gasteiger charge is 2.07. The summed E-state index contributed by atoms with van der Waals surface area (Å²) in [6, 6.07) is 9.61. The lowest BCUT2D eigenvalue weighted by molar-refractivity contribution is 0.252. The summed E-state index contributed by atoms with van der Waals surface area (Å²) in [4.78, 5) is 13.9. The number of hydrogen-bond donors (Lipinski definition) is 3. The zero-order chi connectivity index (χ0) is 15.2. The third-order valence-corrected chi connectivity index (χ3v) is 4.10. The van der Waals surface area contributed by atoms with Crippen LogP contribution in [0.5, 0.6) is 0 Å². The van der Waals surface area contributed by atoms with Gasteiger partial charge in [0, 0.05) is 21.0 Å². The number of hydrogen-bond acceptors (Lipinski definition) is 3. The minimum absolute atomic E-state index is 0.426. The molecule has 0 bridgehead atoms. The Morgan fingerprint density at radius 3 is 2.71 bits per heavy atom. The highest BCUT2D eigenvalue weighted by Crippen LogP contribution is 2.25. The molecular weight excluding hydrogens is 282 g/mol. The van der Waals surface area contributed by atoms with Gasteiger partial charge in [-0.15, -0.1) is 11.3 Å². The summed E-state index contributed by atoms with van der Waals surface area (Å²) in [5.74, 6) is 5.13. The Hall–Kier alpha value is -2.11. The van der Waals surface area contributed by atoms with Crippen LogP contribution in [0.4, 0.5) is 10.5 Å². The Labute approximate surface area is 128 Å². The van der Waals surface area contributed by atoms with Crippen LogP contribution in [0.2, 0.25) is 0 Å². The lowest BCUT2D eigenvalue weighted by Gasteiger charge is -2.11. The molecule has 0 aliphatic rings. The molecule has 5 heteroatoms. The van der Waals surface area contributed by atoms with Gasteiger partial charge in [-0.25, -0.2) is 10.6 Å². The first-order valence-corrected chi connectivity index (χ1v) is 7.59. The average Bonchev–Trinajstić information content (AvgIpc) is 2.91. The fraction of sp³-hybridized carbons (Fsp3) is 0.188. The van der Waals surface area contributed by atoms with E-state index in [0.717, 1.165) is 17.7 Å². The second-order valence-corrected chi connectivity index (χ2v) is 5.93. The average molecular weight is 301 g/mol. The van der Waals surface area contributed by atoms with Crippen molar-refractivity contribution in [3.63, 3.8) is 0 Å². The number of thiophene rings is 1. The van der Waals surface area contributed by atoms with Gasteiger partial charge in [0.25, 0.3) is 0 Å². The van der Waals surface area contributed by atoms with Gasteiger partial charge < -0.3 is 5.32 Å². The number of benzene rings is 1. The van der Waals surface area contributed by atoms with Crippen molar-refractivity contribution in [3.8, 4) is 0 Å². The second-order valence-electron chi connectivity index (χ2n) is 4.61. The van der Waals surface area contributed by atoms with Crippen LogP contribution in [-0.2, 0) is 6.42 Å². The van der Waals surface area contributed by atoms with E-state index in [1.165, 1.54) is 15.3 Å². The first-order valence-electron chi connectivity index (χ1n) is 6.78. The molecule has 1 aromatic carbocycles. The maximum atomic E-state index is 11.4. The van der Waals surface area contributed by atoms with Gasteiger partial charge in [-0.1, -0.05) is 25.1 Å². The number of carbonyl (C=O) groups is 1. The molecule has 110 valence electrons. The van der Waals surface area contributed by atoms with E-state index in [4.69, 9.17) is 5.84 Å². The Bertz CT molecular complexity index is 661. The fourth-order valence-corrected chi connectivity index (χ4v) is 2.87. The zero-order valence-corrected chi connectivity index (χ0v) is 13.0. The summed E-state index contributed by atoms with van der Waals surface area (Å²) in [6.45, 7) is 4.18. The normalized spacial score (nSPS) is 10.8. The molecule has 0 saturated heterocycles. The fourth-order valence-electron chi connectivity index (χ4n) is 2.09. The molecule has 2 aromatic rings. The van der Waals surface area contributed by atoms with Crippen LogP contribution < -0.4 is 16.6 Å². The Kier molecular flexibility index (Phi) is 5.14. The number of nitrogens with two attached hydrogens (primary N) is 1. The third-order valence-electron chi connectivity index (χ3n) is 3.13. The van der Waals surface area contributed by atoms with Gasteiger partial charge in [-0.3, -0.25) is 5.43 Å². The van der Waals surface area contributed by atoms with Gasteiger partial charge in [0.05, 0.1) is 0 Å². The van der Waals surface area contributed by atoms with E-state index in [9.17, 15) is 4.79 Å². The van der Waals surface area contributed by atoms with E-state index in [1.807, 2.05) is 18.2 Å². The van der Waals surface area contributed by atoms with Crippen molar-refractivity contribution in [2.75, 3.05) is 5.32 Å². The minimum Gasteiger partial charge on any atom is -0.306 e. The van der Waals surface area contributed by atoms with Crippen molar-refractivity contribution < 1.29 is 4.79 Å². The number of nitrogens with one attached hydrogen (secondary N) is 2. The molecule has 1 aromatic heterocycles. The van der Waals surface area contributed by atoms with Crippen LogP contribution in [0.15, 0.2) is 30.3 Å². The molecule has 0 aliphatic heterocycles. The van der Waals surface area contributed by atoms with Crippen LogP contribution in [0.3, 0.4) is 0 Å². The lowest BCUT2D eigenvalue weighted by Crippen LogP contribution is -2.34. The number of hydrazine groups is 1. The largest absolute Gasteiger partial charge is 0.333 e. The van der Waals surface area contributed by atoms with E-state index >= 15 is 0 Å². The highest BCUT2D eigenvalue weighted by atomic mass is 32.1. The first kappa shape index (κ1) is 15.3. The van der Waals surface area contributed by atoms with Gasteiger partial charge >= 0.3 is 6.03 Å². The maximum absolute atomic E-state index is 11.4. The first-order chi connectivity index (χ1) is 10.1. The minimum atomic E-state index is -0.426. The van der Waals surface area contributed by atoms with Crippen molar-refractivity contribution in [2.45, 2.75) is 20.3 Å². The van der Waals surface area contributed by atoms with Crippen molar-refractivity contribution in [2.24, 2.45) is 5.84 Å². The van der Waals surface area contributed by atoms with E-state index in [2.05, 4.69) is 48.9 Å². The molecule has 4 nitrogen and oxygen atoms in total. The quantitative estimate of drug-likeness (QED) is 0.457. The molecular formula is C16H19N3OS. The molecule has 4 N–H and O–H groups in total. The standard InChI is InChI=1S/C16H19N3OS/c1-3-12-5-4-6-15(18-16(20)19-17)14(12)10-9-13-8-7-11(2)21-13/h4-10H,3,17H2,1-2H3,(H2,18,19,20)/b10-9+. The van der Waals surface area contributed by atoms with Crippen molar-refractivity contribution in [1.82, 2.24) is 5.43 Å². The SMILES string of the molecule is CCc1cccc(NC(=O)NN)c1/C=C/c1ccc(C)s1. The van der Waals surface area contributed by atoms with Gasteiger partial charge in [-0.2, -0.15) is 0 Å². The number of carbonyl (C=O) groups excluding carboxylic acids is 1. The number of urea groups is 1. The molecule has 1 heterocycles. The Morgan fingerprint density at radius 1 is 1.29 bits per heavy atom. The topological polar surface area (TPSA) is 67.2 Å². The van der Waals surface area contributed by atoms with Crippen LogP contribution >= 0.6 is 11.3 Å². The molecule has 2 rings (SSSR count). The Balaban J connectivity index is 2.35. The molecule has 0 saturated carbocycles. The summed E-state index contributed by atoms with van der Waals surface area (Å²) >= 11 is 1.74. The summed E-state index contributed by atoms with van der Waals surface area (Å²) < 4.78 is 0. The van der Waals surface area contributed by atoms with Gasteiger partial charge in [0.2, 0.25) is 0 Å². The third kappa shape index (κ3) is 3.93. The molecule has 21 heavy (non-hydrogen) atoms. The van der Waals surface area contributed by atoms with Crippen LogP contribution in [0.1, 0.15) is 27.8 Å². The van der Waals surface area contributed by atoms with Crippen molar-refractivity contribution in [3.05, 3.63) is 51.2 Å². The summed E-state index contributed by atoms with van der Waals surface area (Å²) in [5.41, 5.74) is 5.02. The Morgan fingerprint density at radius 2 is 2.10 bits per heavy atom. The number of anilines is 1. The monoisotopic (exact) mass is 301 g/mol. The van der Waals surface area contributed by atoms with Gasteiger partial charge in [0.1, 0.15) is 0 Å². The number of aryl methyl sites for hydroxylation is 2. The van der Waals surface area contributed by atoms with E-state index in [-0.39, 0.29) is 0 Å².